The molecule has 31 heavy (non-hydrogen) atoms. The van der Waals surface area contributed by atoms with Crippen LogP contribution in [-0.2, 0) is 11.4 Å². The van der Waals surface area contributed by atoms with Crippen LogP contribution in [0.4, 0.5) is 8.78 Å². The van der Waals surface area contributed by atoms with Crippen molar-refractivity contribution in [2.75, 3.05) is 6.54 Å². The fraction of sp³-hybridized carbons (Fsp3) is 0.167. The van der Waals surface area contributed by atoms with Crippen molar-refractivity contribution in [2.45, 2.75) is 19.1 Å². The van der Waals surface area contributed by atoms with Crippen LogP contribution in [0.2, 0.25) is 5.02 Å². The molecule has 3 aromatic carbocycles. The summed E-state index contributed by atoms with van der Waals surface area (Å²) in [4.78, 5) is 20.1. The predicted octanol–water partition coefficient (Wildman–Crippen LogP) is 5.45. The van der Waals surface area contributed by atoms with E-state index in [9.17, 15) is 13.6 Å². The van der Waals surface area contributed by atoms with Gasteiger partial charge >= 0.3 is 0 Å². The Morgan fingerprint density at radius 2 is 1.77 bits per heavy atom. The Morgan fingerprint density at radius 3 is 2.52 bits per heavy atom. The Morgan fingerprint density at radius 1 is 1.03 bits per heavy atom. The quantitative estimate of drug-likeness (QED) is 0.511. The highest BCUT2D eigenvalue weighted by molar-refractivity contribution is 6.30. The van der Waals surface area contributed by atoms with Crippen LogP contribution >= 0.6 is 11.6 Å². The van der Waals surface area contributed by atoms with Crippen molar-refractivity contribution in [2.24, 2.45) is 5.16 Å². The van der Waals surface area contributed by atoms with Gasteiger partial charge in [-0.1, -0.05) is 59.2 Å². The molecule has 0 fully saturated rings. The van der Waals surface area contributed by atoms with Crippen molar-refractivity contribution >= 4 is 23.2 Å². The van der Waals surface area contributed by atoms with Gasteiger partial charge in [-0.3, -0.25) is 4.79 Å². The summed E-state index contributed by atoms with van der Waals surface area (Å²) in [6, 6.07) is 19.3. The first-order valence-corrected chi connectivity index (χ1v) is 10.1. The van der Waals surface area contributed by atoms with E-state index in [0.717, 1.165) is 5.56 Å². The smallest absolute Gasteiger partial charge is 0.257 e. The van der Waals surface area contributed by atoms with Gasteiger partial charge in [-0.2, -0.15) is 0 Å². The van der Waals surface area contributed by atoms with Crippen molar-refractivity contribution in [3.8, 4) is 0 Å². The van der Waals surface area contributed by atoms with Crippen LogP contribution < -0.4 is 0 Å². The van der Waals surface area contributed by atoms with Gasteiger partial charge in [0, 0.05) is 23.6 Å². The molecule has 4 rings (SSSR count). The Labute approximate surface area is 183 Å². The molecule has 0 N–H and O–H groups in total. The maximum Gasteiger partial charge on any atom is 0.257 e. The minimum Gasteiger partial charge on any atom is -0.390 e. The van der Waals surface area contributed by atoms with Crippen molar-refractivity contribution in [1.82, 2.24) is 4.90 Å². The van der Waals surface area contributed by atoms with Gasteiger partial charge in [-0.05, 0) is 35.9 Å². The minimum atomic E-state index is -0.598. The zero-order chi connectivity index (χ0) is 21.8. The lowest BCUT2D eigenvalue weighted by Crippen LogP contribution is -2.37. The molecule has 0 aromatic heterocycles. The van der Waals surface area contributed by atoms with E-state index in [1.54, 1.807) is 42.5 Å². The number of halogens is 3. The summed E-state index contributed by atoms with van der Waals surface area (Å²) in [6.07, 6.45) is -0.151. The van der Waals surface area contributed by atoms with Crippen LogP contribution in [0.5, 0.6) is 0 Å². The molecule has 1 aliphatic heterocycles. The van der Waals surface area contributed by atoms with Gasteiger partial charge in [0.15, 0.2) is 6.10 Å². The third-order valence-electron chi connectivity index (χ3n) is 5.00. The molecule has 0 radical (unpaired) electrons. The first kappa shape index (κ1) is 21.0. The maximum atomic E-state index is 14.3. The molecule has 1 aliphatic rings. The number of oxime groups is 1. The number of hydrogen-bond acceptors (Lipinski definition) is 3. The zero-order valence-corrected chi connectivity index (χ0v) is 17.2. The van der Waals surface area contributed by atoms with Crippen LogP contribution in [-0.4, -0.2) is 29.2 Å². The van der Waals surface area contributed by atoms with E-state index in [0.29, 0.717) is 22.7 Å². The number of hydrogen-bond donors (Lipinski definition) is 0. The summed E-state index contributed by atoms with van der Waals surface area (Å²) in [5.41, 5.74) is 1.61. The molecule has 0 saturated heterocycles. The molecule has 0 saturated carbocycles. The highest BCUT2D eigenvalue weighted by Crippen LogP contribution is 2.22. The average molecular weight is 441 g/mol. The lowest BCUT2D eigenvalue weighted by molar-refractivity contribution is 0.0402. The van der Waals surface area contributed by atoms with Gasteiger partial charge in [0.25, 0.3) is 5.91 Å². The summed E-state index contributed by atoms with van der Waals surface area (Å²) in [6.45, 7) is 0.365. The highest BCUT2D eigenvalue weighted by atomic mass is 35.5. The predicted molar refractivity (Wildman–Crippen MR) is 115 cm³/mol. The zero-order valence-electron chi connectivity index (χ0n) is 16.5. The highest BCUT2D eigenvalue weighted by Gasteiger charge is 2.29. The molecule has 7 heteroatoms. The molecule has 3 aromatic rings. The molecule has 0 unspecified atom stereocenters. The molecule has 1 amide bonds. The molecule has 158 valence electrons. The summed E-state index contributed by atoms with van der Waals surface area (Å²) < 4.78 is 28.4. The Bertz CT molecular complexity index is 1140. The molecular formula is C24H19ClF2N2O2. The van der Waals surface area contributed by atoms with E-state index < -0.39 is 17.8 Å². The Balaban J connectivity index is 1.54. The topological polar surface area (TPSA) is 41.9 Å². The van der Waals surface area contributed by atoms with E-state index >= 15 is 0 Å². The van der Waals surface area contributed by atoms with Gasteiger partial charge in [0.1, 0.15) is 11.6 Å². The fourth-order valence-electron chi connectivity index (χ4n) is 3.51. The van der Waals surface area contributed by atoms with Crippen molar-refractivity contribution in [3.63, 3.8) is 0 Å². The van der Waals surface area contributed by atoms with Crippen LogP contribution in [0.15, 0.2) is 78.0 Å². The van der Waals surface area contributed by atoms with Crippen LogP contribution in [0.25, 0.3) is 0 Å². The van der Waals surface area contributed by atoms with Crippen LogP contribution in [0.3, 0.4) is 0 Å². The summed E-state index contributed by atoms with van der Waals surface area (Å²) in [7, 11) is 0. The first-order valence-electron chi connectivity index (χ1n) is 9.77. The average Bonchev–Trinajstić information content (AvgIpc) is 3.22. The molecule has 0 spiro atoms. The number of benzene rings is 3. The second-order valence-electron chi connectivity index (χ2n) is 7.24. The van der Waals surface area contributed by atoms with Crippen molar-refractivity contribution in [3.05, 3.63) is 106 Å². The third kappa shape index (κ3) is 4.91. The summed E-state index contributed by atoms with van der Waals surface area (Å²) in [5, 5.41) is 4.56. The number of carbonyl (C=O) groups excluding carboxylic acids is 1. The van der Waals surface area contributed by atoms with Crippen molar-refractivity contribution in [1.29, 1.82) is 0 Å². The molecule has 1 heterocycles. The van der Waals surface area contributed by atoms with Crippen LogP contribution in [0.1, 0.15) is 27.9 Å². The van der Waals surface area contributed by atoms with Crippen LogP contribution in [0, 0.1) is 11.6 Å². The Kier molecular flexibility index (Phi) is 6.28. The molecule has 0 bridgehead atoms. The van der Waals surface area contributed by atoms with Gasteiger partial charge in [0.05, 0.1) is 17.8 Å². The summed E-state index contributed by atoms with van der Waals surface area (Å²) >= 11 is 6.08. The maximum absolute atomic E-state index is 14.3. The Hall–Kier alpha value is -3.25. The van der Waals surface area contributed by atoms with E-state index in [1.807, 2.05) is 6.07 Å². The molecule has 4 nitrogen and oxygen atoms in total. The fourth-order valence-corrected chi connectivity index (χ4v) is 3.72. The first-order chi connectivity index (χ1) is 15.0. The molecular weight excluding hydrogens is 422 g/mol. The lowest BCUT2D eigenvalue weighted by atomic mass is 10.0. The van der Waals surface area contributed by atoms with E-state index in [-0.39, 0.29) is 24.5 Å². The number of rotatable bonds is 6. The lowest BCUT2D eigenvalue weighted by Gasteiger charge is -2.25. The SMILES string of the molecule is O=C(c1ccccc1F)N(Cc1cccc(Cl)c1)C[C@H]1CC(c2ccccc2F)=NO1. The van der Waals surface area contributed by atoms with E-state index in [2.05, 4.69) is 5.16 Å². The number of carbonyl (C=O) groups is 1. The second-order valence-corrected chi connectivity index (χ2v) is 7.68. The van der Waals surface area contributed by atoms with E-state index in [4.69, 9.17) is 16.4 Å². The number of nitrogens with zero attached hydrogens (tertiary/aromatic N) is 2. The standard InChI is InChI=1S/C24H19ClF2N2O2/c25-17-7-5-6-16(12-17)14-29(24(30)20-9-2-4-11-22(20)27)15-18-13-23(28-31-18)19-8-1-3-10-21(19)26/h1-12,18H,13-15H2/t18-/m1/s1. The minimum absolute atomic E-state index is 0.0298. The third-order valence-corrected chi connectivity index (χ3v) is 5.23. The molecule has 0 aliphatic carbocycles. The molecule has 1 atom stereocenters. The summed E-state index contributed by atoms with van der Waals surface area (Å²) in [5.74, 6) is -1.45. The van der Waals surface area contributed by atoms with E-state index in [1.165, 1.54) is 29.2 Å². The van der Waals surface area contributed by atoms with Gasteiger partial charge in [0.2, 0.25) is 0 Å². The van der Waals surface area contributed by atoms with Crippen molar-refractivity contribution < 1.29 is 18.4 Å². The van der Waals surface area contributed by atoms with Gasteiger partial charge < -0.3 is 9.74 Å². The number of amides is 1. The largest absolute Gasteiger partial charge is 0.390 e. The normalized spacial score (nSPS) is 15.3. The van der Waals surface area contributed by atoms with Gasteiger partial charge in [-0.15, -0.1) is 0 Å². The monoisotopic (exact) mass is 440 g/mol. The van der Waals surface area contributed by atoms with Gasteiger partial charge in [-0.25, -0.2) is 8.78 Å². The second kappa shape index (κ2) is 9.27.